The normalized spacial score (nSPS) is 16.4. The zero-order valence-corrected chi connectivity index (χ0v) is 18.1. The van der Waals surface area contributed by atoms with Crippen LogP contribution < -0.4 is 0 Å². The topological polar surface area (TPSA) is 66.8 Å². The van der Waals surface area contributed by atoms with Gasteiger partial charge in [-0.3, -0.25) is 4.79 Å². The zero-order valence-electron chi connectivity index (χ0n) is 18.1. The molecule has 1 N–H and O–H groups in total. The standard InChI is InChI=1S/C24H33NO4/c1-7-14-25(22(26)16(2)17(3)29-24(4,5)6)21(23(27)28)15-19-13-12-18-10-8-9-11-20(18)19/h7-11,13,16-17,21H,1,12,14-15H2,2-6H3,(H,27,28)/t16-,17?,21-/m0/s1. The maximum atomic E-state index is 13.2. The molecule has 1 amide bonds. The molecule has 1 unspecified atom stereocenters. The van der Waals surface area contributed by atoms with Crippen molar-refractivity contribution in [1.29, 1.82) is 0 Å². The minimum Gasteiger partial charge on any atom is -0.480 e. The average Bonchev–Trinajstić information content (AvgIpc) is 3.04. The fourth-order valence-corrected chi connectivity index (χ4v) is 3.72. The highest BCUT2D eigenvalue weighted by molar-refractivity contribution is 5.87. The monoisotopic (exact) mass is 399 g/mol. The molecule has 1 aromatic rings. The van der Waals surface area contributed by atoms with E-state index in [1.165, 1.54) is 10.5 Å². The Morgan fingerprint density at radius 2 is 1.93 bits per heavy atom. The van der Waals surface area contributed by atoms with Crippen LogP contribution in [-0.2, 0) is 20.7 Å². The van der Waals surface area contributed by atoms with E-state index in [0.717, 1.165) is 17.6 Å². The molecule has 5 heteroatoms. The summed E-state index contributed by atoms with van der Waals surface area (Å²) in [6.45, 7) is 13.4. The van der Waals surface area contributed by atoms with Crippen molar-refractivity contribution in [2.24, 2.45) is 5.92 Å². The van der Waals surface area contributed by atoms with Crippen LogP contribution in [0.15, 0.2) is 43.0 Å². The fraction of sp³-hybridized carbons (Fsp3) is 0.500. The van der Waals surface area contributed by atoms with Crippen LogP contribution >= 0.6 is 0 Å². The van der Waals surface area contributed by atoms with E-state index in [2.05, 4.69) is 18.7 Å². The minimum atomic E-state index is -1.01. The van der Waals surface area contributed by atoms with Gasteiger partial charge in [0.25, 0.3) is 0 Å². The van der Waals surface area contributed by atoms with Gasteiger partial charge in [-0.05, 0) is 50.8 Å². The van der Waals surface area contributed by atoms with E-state index < -0.39 is 17.9 Å². The number of amides is 1. The maximum absolute atomic E-state index is 13.2. The van der Waals surface area contributed by atoms with Gasteiger partial charge in [-0.15, -0.1) is 6.58 Å². The Labute approximate surface area is 174 Å². The van der Waals surface area contributed by atoms with Gasteiger partial charge in [0.1, 0.15) is 6.04 Å². The highest BCUT2D eigenvalue weighted by atomic mass is 16.5. The molecule has 0 saturated heterocycles. The molecule has 0 heterocycles. The largest absolute Gasteiger partial charge is 0.480 e. The summed E-state index contributed by atoms with van der Waals surface area (Å²) in [5.41, 5.74) is 2.85. The molecule has 1 aliphatic rings. The van der Waals surface area contributed by atoms with Crippen molar-refractivity contribution in [3.8, 4) is 0 Å². The molecule has 1 aromatic carbocycles. The number of ether oxygens (including phenoxy) is 1. The van der Waals surface area contributed by atoms with Crippen molar-refractivity contribution >= 4 is 17.4 Å². The number of nitrogens with zero attached hydrogens (tertiary/aromatic N) is 1. The number of carbonyl (C=O) groups excluding carboxylic acids is 1. The Bertz CT molecular complexity index is 790. The lowest BCUT2D eigenvalue weighted by Crippen LogP contribution is -2.49. The first-order chi connectivity index (χ1) is 13.5. The van der Waals surface area contributed by atoms with Gasteiger partial charge in [-0.1, -0.05) is 43.3 Å². The molecule has 0 aromatic heterocycles. The van der Waals surface area contributed by atoms with E-state index >= 15 is 0 Å². The van der Waals surface area contributed by atoms with Crippen molar-refractivity contribution < 1.29 is 19.4 Å². The molecule has 0 spiro atoms. The van der Waals surface area contributed by atoms with Crippen molar-refractivity contribution in [1.82, 2.24) is 4.90 Å². The van der Waals surface area contributed by atoms with Crippen LogP contribution in [0.1, 0.15) is 52.2 Å². The minimum absolute atomic E-state index is 0.178. The summed E-state index contributed by atoms with van der Waals surface area (Å²) in [5.74, 6) is -1.72. The van der Waals surface area contributed by atoms with Crippen LogP contribution in [0.3, 0.4) is 0 Å². The van der Waals surface area contributed by atoms with Gasteiger partial charge in [0, 0.05) is 13.0 Å². The number of rotatable bonds is 9. The molecule has 2 rings (SSSR count). The molecular formula is C24H33NO4. The third-order valence-electron chi connectivity index (χ3n) is 5.25. The van der Waals surface area contributed by atoms with Gasteiger partial charge < -0.3 is 14.7 Å². The van der Waals surface area contributed by atoms with Crippen LogP contribution in [0.25, 0.3) is 5.57 Å². The number of carbonyl (C=O) groups is 2. The van der Waals surface area contributed by atoms with Crippen LogP contribution in [-0.4, -0.2) is 46.2 Å². The van der Waals surface area contributed by atoms with Crippen LogP contribution in [0, 0.1) is 5.92 Å². The van der Waals surface area contributed by atoms with E-state index in [1.54, 1.807) is 13.0 Å². The van der Waals surface area contributed by atoms with Gasteiger partial charge in [-0.2, -0.15) is 0 Å². The Morgan fingerprint density at radius 3 is 2.52 bits per heavy atom. The number of aliphatic carboxylic acids is 1. The maximum Gasteiger partial charge on any atom is 0.326 e. The Kier molecular flexibility index (Phi) is 7.42. The molecule has 3 atom stereocenters. The second kappa shape index (κ2) is 9.40. The lowest BCUT2D eigenvalue weighted by Gasteiger charge is -2.34. The number of benzene rings is 1. The Balaban J connectivity index is 2.24. The van der Waals surface area contributed by atoms with Crippen LogP contribution in [0.2, 0.25) is 0 Å². The molecular weight excluding hydrogens is 366 g/mol. The third-order valence-corrected chi connectivity index (χ3v) is 5.25. The van der Waals surface area contributed by atoms with Crippen LogP contribution in [0.5, 0.6) is 0 Å². The third kappa shape index (κ3) is 5.80. The van der Waals surface area contributed by atoms with Crippen LogP contribution in [0.4, 0.5) is 0 Å². The predicted octanol–water partition coefficient (Wildman–Crippen LogP) is 4.32. The summed E-state index contributed by atoms with van der Waals surface area (Å²) in [5, 5.41) is 9.95. The molecule has 0 saturated carbocycles. The molecule has 158 valence electrons. The first kappa shape index (κ1) is 22.9. The van der Waals surface area contributed by atoms with Crippen molar-refractivity contribution in [3.05, 3.63) is 54.1 Å². The lowest BCUT2D eigenvalue weighted by molar-refractivity contribution is -0.155. The second-order valence-electron chi connectivity index (χ2n) is 8.65. The molecule has 0 radical (unpaired) electrons. The fourth-order valence-electron chi connectivity index (χ4n) is 3.72. The lowest BCUT2D eigenvalue weighted by atomic mass is 9.96. The van der Waals surface area contributed by atoms with E-state index in [0.29, 0.717) is 0 Å². The Morgan fingerprint density at radius 1 is 1.28 bits per heavy atom. The molecule has 1 aliphatic carbocycles. The smallest absolute Gasteiger partial charge is 0.326 e. The average molecular weight is 400 g/mol. The summed E-state index contributed by atoms with van der Waals surface area (Å²) in [6.07, 6.45) is 4.36. The molecule has 0 aliphatic heterocycles. The number of allylic oxidation sites excluding steroid dienone is 1. The SMILES string of the molecule is C=CCN(C(=O)[C@@H](C)C(C)OC(C)(C)C)[C@@H](CC1=CCc2ccccc21)C(=O)O. The molecule has 0 fully saturated rings. The Hall–Kier alpha value is -2.40. The van der Waals surface area contributed by atoms with Gasteiger partial charge in [-0.25, -0.2) is 4.79 Å². The highest BCUT2D eigenvalue weighted by Crippen LogP contribution is 2.32. The summed E-state index contributed by atoms with van der Waals surface area (Å²) >= 11 is 0. The summed E-state index contributed by atoms with van der Waals surface area (Å²) in [4.78, 5) is 26.8. The predicted molar refractivity (Wildman–Crippen MR) is 116 cm³/mol. The van der Waals surface area contributed by atoms with E-state index in [9.17, 15) is 14.7 Å². The molecule has 5 nitrogen and oxygen atoms in total. The molecule has 29 heavy (non-hydrogen) atoms. The van der Waals surface area contributed by atoms with E-state index in [1.807, 2.05) is 45.9 Å². The quantitative estimate of drug-likeness (QED) is 0.628. The zero-order chi connectivity index (χ0) is 21.8. The van der Waals surface area contributed by atoms with E-state index in [4.69, 9.17) is 4.74 Å². The number of hydrogen-bond acceptors (Lipinski definition) is 3. The van der Waals surface area contributed by atoms with E-state index in [-0.39, 0.29) is 30.6 Å². The second-order valence-corrected chi connectivity index (χ2v) is 8.65. The number of fused-ring (bicyclic) bond motifs is 1. The van der Waals surface area contributed by atoms with Gasteiger partial charge >= 0.3 is 5.97 Å². The number of carboxylic acid groups (broad SMARTS) is 1. The molecule has 0 bridgehead atoms. The van der Waals surface area contributed by atoms with Crippen molar-refractivity contribution in [2.75, 3.05) is 6.54 Å². The summed E-state index contributed by atoms with van der Waals surface area (Å²) < 4.78 is 5.94. The van der Waals surface area contributed by atoms with Gasteiger partial charge in [0.15, 0.2) is 0 Å². The van der Waals surface area contributed by atoms with Gasteiger partial charge in [0.2, 0.25) is 5.91 Å². The number of hydrogen-bond donors (Lipinski definition) is 1. The van der Waals surface area contributed by atoms with Crippen molar-refractivity contribution in [3.63, 3.8) is 0 Å². The van der Waals surface area contributed by atoms with Gasteiger partial charge in [0.05, 0.1) is 17.6 Å². The first-order valence-corrected chi connectivity index (χ1v) is 10.1. The summed E-state index contributed by atoms with van der Waals surface area (Å²) in [7, 11) is 0. The first-order valence-electron chi connectivity index (χ1n) is 10.1. The summed E-state index contributed by atoms with van der Waals surface area (Å²) in [6, 6.07) is 7.04. The highest BCUT2D eigenvalue weighted by Gasteiger charge is 2.35. The number of carboxylic acids is 1. The van der Waals surface area contributed by atoms with Crippen molar-refractivity contribution in [2.45, 2.75) is 65.2 Å².